The quantitative estimate of drug-likeness (QED) is 0.767. The van der Waals surface area contributed by atoms with E-state index in [0.29, 0.717) is 5.39 Å². The van der Waals surface area contributed by atoms with Crippen LogP contribution in [0.3, 0.4) is 0 Å². The monoisotopic (exact) mass is 426 g/mol. The zero-order valence-electron chi connectivity index (χ0n) is 13.0. The molecule has 0 aliphatic carbocycles. The normalized spacial score (nSPS) is 19.1. The van der Waals surface area contributed by atoms with E-state index >= 15 is 0 Å². The van der Waals surface area contributed by atoms with E-state index in [1.807, 2.05) is 16.7 Å². The van der Waals surface area contributed by atoms with Crippen LogP contribution in [-0.2, 0) is 0 Å². The van der Waals surface area contributed by atoms with E-state index in [4.69, 9.17) is 0 Å². The third-order valence-corrected chi connectivity index (χ3v) is 5.22. The molecule has 5 nitrogen and oxygen atoms in total. The molecule has 23 heavy (non-hydrogen) atoms. The average Bonchev–Trinajstić information content (AvgIpc) is 2.55. The number of benzene rings is 1. The number of aromatic nitrogens is 1. The zero-order chi connectivity index (χ0) is 16.6. The van der Waals surface area contributed by atoms with E-state index in [1.165, 1.54) is 6.20 Å². The molecule has 1 aromatic carbocycles. The fourth-order valence-electron chi connectivity index (χ4n) is 3.33. The van der Waals surface area contributed by atoms with Gasteiger partial charge in [0.15, 0.2) is 0 Å². The highest BCUT2D eigenvalue weighted by Crippen LogP contribution is 2.26. The largest absolute Gasteiger partial charge is 0.477 e. The molecule has 0 amide bonds. The van der Waals surface area contributed by atoms with Gasteiger partial charge < -0.3 is 14.6 Å². The molecule has 1 fully saturated rings. The van der Waals surface area contributed by atoms with E-state index in [1.54, 1.807) is 6.07 Å². The van der Waals surface area contributed by atoms with Crippen LogP contribution in [0.1, 0.15) is 36.2 Å². The molecule has 2 heterocycles. The fraction of sp³-hybridized carbons (Fsp3) is 0.412. The zero-order valence-corrected chi connectivity index (χ0v) is 15.1. The van der Waals surface area contributed by atoms with Gasteiger partial charge in [-0.2, -0.15) is 0 Å². The lowest BCUT2D eigenvalue weighted by Crippen LogP contribution is -2.37. The van der Waals surface area contributed by atoms with E-state index in [9.17, 15) is 14.7 Å². The Labute approximate surface area is 148 Å². The molecule has 6 heteroatoms. The number of nitrogens with zero attached hydrogens (tertiary/aromatic N) is 2. The summed E-state index contributed by atoms with van der Waals surface area (Å²) < 4.78 is 2.93. The van der Waals surface area contributed by atoms with Gasteiger partial charge in [-0.05, 0) is 66.7 Å². The molecular weight excluding hydrogens is 407 g/mol. The van der Waals surface area contributed by atoms with Crippen molar-refractivity contribution in [2.24, 2.45) is 0 Å². The molecule has 1 aromatic heterocycles. The van der Waals surface area contributed by atoms with Crippen molar-refractivity contribution in [1.29, 1.82) is 0 Å². The highest BCUT2D eigenvalue weighted by molar-refractivity contribution is 14.1. The van der Waals surface area contributed by atoms with Gasteiger partial charge in [0.2, 0.25) is 5.43 Å². The molecule has 1 aliphatic heterocycles. The Morgan fingerprint density at radius 2 is 2.22 bits per heavy atom. The highest BCUT2D eigenvalue weighted by Gasteiger charge is 2.23. The van der Waals surface area contributed by atoms with Crippen molar-refractivity contribution in [3.8, 4) is 0 Å². The first kappa shape index (κ1) is 16.4. The number of fused-ring (bicyclic) bond motifs is 1. The van der Waals surface area contributed by atoms with Gasteiger partial charge in [-0.15, -0.1) is 0 Å². The summed E-state index contributed by atoms with van der Waals surface area (Å²) >= 11 is 2.15. The van der Waals surface area contributed by atoms with E-state index in [-0.39, 0.29) is 11.6 Å². The Hall–Kier alpha value is -1.41. The van der Waals surface area contributed by atoms with Gasteiger partial charge in [-0.1, -0.05) is 6.92 Å². The highest BCUT2D eigenvalue weighted by atomic mass is 127. The van der Waals surface area contributed by atoms with Gasteiger partial charge in [-0.25, -0.2) is 4.79 Å². The third kappa shape index (κ3) is 3.14. The van der Waals surface area contributed by atoms with Crippen LogP contribution in [0.4, 0.5) is 0 Å². The minimum Gasteiger partial charge on any atom is -0.477 e. The summed E-state index contributed by atoms with van der Waals surface area (Å²) in [6.07, 6.45) is 3.61. The van der Waals surface area contributed by atoms with Gasteiger partial charge in [0.1, 0.15) is 5.56 Å². The number of likely N-dealkylation sites (tertiary alicyclic amines) is 1. The maximum absolute atomic E-state index is 12.5. The summed E-state index contributed by atoms with van der Waals surface area (Å²) in [7, 11) is 0. The summed E-state index contributed by atoms with van der Waals surface area (Å²) in [6, 6.07) is 5.86. The molecule has 1 saturated heterocycles. The second-order valence-corrected chi connectivity index (χ2v) is 7.18. The van der Waals surface area contributed by atoms with Crippen LogP contribution >= 0.6 is 22.6 Å². The first-order valence-corrected chi connectivity index (χ1v) is 8.89. The summed E-state index contributed by atoms with van der Waals surface area (Å²) in [6.45, 7) is 5.09. The number of piperidine rings is 1. The number of pyridine rings is 1. The van der Waals surface area contributed by atoms with Gasteiger partial charge >= 0.3 is 5.97 Å². The van der Waals surface area contributed by atoms with E-state index < -0.39 is 11.4 Å². The molecule has 2 aromatic rings. The van der Waals surface area contributed by atoms with Gasteiger partial charge in [0.25, 0.3) is 0 Å². The molecule has 0 saturated carbocycles. The molecular formula is C17H19IN2O3. The number of carboxylic acids is 1. The Morgan fingerprint density at radius 1 is 1.43 bits per heavy atom. The Bertz CT molecular complexity index is 815. The molecule has 1 N–H and O–H groups in total. The molecule has 1 unspecified atom stereocenters. The molecule has 1 aliphatic rings. The number of carboxylic acid groups (broad SMARTS) is 1. The number of hydrogen-bond acceptors (Lipinski definition) is 3. The van der Waals surface area contributed by atoms with Crippen molar-refractivity contribution in [3.05, 3.63) is 43.8 Å². The topological polar surface area (TPSA) is 62.5 Å². The molecule has 122 valence electrons. The smallest absolute Gasteiger partial charge is 0.341 e. The van der Waals surface area contributed by atoms with Crippen molar-refractivity contribution in [2.45, 2.75) is 25.8 Å². The fourth-order valence-corrected chi connectivity index (χ4v) is 3.82. The summed E-state index contributed by atoms with van der Waals surface area (Å²) in [4.78, 5) is 26.3. The minimum atomic E-state index is -1.16. The lowest BCUT2D eigenvalue weighted by atomic mass is 10.0. The second kappa shape index (κ2) is 6.60. The SMILES string of the molecule is CCN1CCCC(n2cc(C(=O)O)c(=O)c3cc(I)ccc32)C1. The first-order chi connectivity index (χ1) is 11.0. The number of carbonyl (C=O) groups is 1. The van der Waals surface area contributed by atoms with Crippen LogP contribution in [0.25, 0.3) is 10.9 Å². The summed E-state index contributed by atoms with van der Waals surface area (Å²) in [5.74, 6) is -1.16. The summed E-state index contributed by atoms with van der Waals surface area (Å²) in [5.41, 5.74) is 0.280. The maximum atomic E-state index is 12.5. The van der Waals surface area contributed by atoms with Gasteiger partial charge in [-0.3, -0.25) is 4.79 Å². The minimum absolute atomic E-state index is 0.145. The van der Waals surface area contributed by atoms with Crippen molar-refractivity contribution < 1.29 is 9.90 Å². The maximum Gasteiger partial charge on any atom is 0.341 e. The molecule has 3 rings (SSSR count). The van der Waals surface area contributed by atoms with Gasteiger partial charge in [0.05, 0.1) is 5.52 Å². The van der Waals surface area contributed by atoms with Crippen LogP contribution in [0.15, 0.2) is 29.2 Å². The average molecular weight is 426 g/mol. The standard InChI is InChI=1S/C17H19IN2O3/c1-2-19-7-3-4-12(9-19)20-10-14(17(22)23)16(21)13-8-11(18)5-6-15(13)20/h5-6,8,10,12H,2-4,7,9H2,1H3,(H,22,23). The molecule has 0 radical (unpaired) electrons. The number of rotatable bonds is 3. The number of halogens is 1. The van der Waals surface area contributed by atoms with E-state index in [0.717, 1.165) is 41.6 Å². The first-order valence-electron chi connectivity index (χ1n) is 7.81. The van der Waals surface area contributed by atoms with Crippen LogP contribution in [0.2, 0.25) is 0 Å². The van der Waals surface area contributed by atoms with Gasteiger partial charge in [0, 0.05) is 27.7 Å². The second-order valence-electron chi connectivity index (χ2n) is 5.94. The van der Waals surface area contributed by atoms with E-state index in [2.05, 4.69) is 34.4 Å². The third-order valence-electron chi connectivity index (χ3n) is 4.55. The number of likely N-dealkylation sites (N-methyl/N-ethyl adjacent to an activating group) is 1. The Morgan fingerprint density at radius 3 is 2.91 bits per heavy atom. The van der Waals surface area contributed by atoms with Crippen LogP contribution < -0.4 is 5.43 Å². The lowest BCUT2D eigenvalue weighted by Gasteiger charge is -2.34. The van der Waals surface area contributed by atoms with Crippen molar-refractivity contribution in [1.82, 2.24) is 9.47 Å². The predicted molar refractivity (Wildman–Crippen MR) is 98.3 cm³/mol. The Kier molecular flexibility index (Phi) is 4.72. The van der Waals surface area contributed by atoms with Crippen molar-refractivity contribution in [2.75, 3.05) is 19.6 Å². The van der Waals surface area contributed by atoms with Crippen LogP contribution in [0.5, 0.6) is 0 Å². The predicted octanol–water partition coefficient (Wildman–Crippen LogP) is 2.96. The van der Waals surface area contributed by atoms with Crippen LogP contribution in [0, 0.1) is 3.57 Å². The Balaban J connectivity index is 2.21. The lowest BCUT2D eigenvalue weighted by molar-refractivity contribution is 0.0694. The number of hydrogen-bond donors (Lipinski definition) is 1. The molecule has 0 spiro atoms. The van der Waals surface area contributed by atoms with Crippen molar-refractivity contribution in [3.63, 3.8) is 0 Å². The summed E-state index contributed by atoms with van der Waals surface area (Å²) in [5, 5.41) is 9.88. The van der Waals surface area contributed by atoms with Crippen molar-refractivity contribution >= 4 is 39.5 Å². The number of aromatic carboxylic acids is 1. The van der Waals surface area contributed by atoms with Crippen LogP contribution in [-0.4, -0.2) is 40.2 Å². The molecule has 1 atom stereocenters. The molecule has 0 bridgehead atoms.